The van der Waals surface area contributed by atoms with Crippen molar-refractivity contribution in [1.29, 1.82) is 0 Å². The lowest BCUT2D eigenvalue weighted by Gasteiger charge is -2.13. The molecule has 4 nitrogen and oxygen atoms in total. The first-order valence-electron chi connectivity index (χ1n) is 4.46. The second-order valence-corrected chi connectivity index (χ2v) is 3.62. The molecule has 0 bridgehead atoms. The predicted molar refractivity (Wildman–Crippen MR) is 56.6 cm³/mol. The number of esters is 1. The molecule has 88 valence electrons. The Hall–Kier alpha value is -1.33. The number of halogens is 2. The van der Waals surface area contributed by atoms with Gasteiger partial charge in [0.05, 0.1) is 18.6 Å². The van der Waals surface area contributed by atoms with Crippen LogP contribution in [-0.2, 0) is 9.53 Å². The summed E-state index contributed by atoms with van der Waals surface area (Å²) in [7, 11) is 1.22. The lowest BCUT2D eigenvalue weighted by Crippen LogP contribution is -2.16. The van der Waals surface area contributed by atoms with Crippen LogP contribution < -0.4 is 5.73 Å². The summed E-state index contributed by atoms with van der Waals surface area (Å²) in [6.45, 7) is 0. The van der Waals surface area contributed by atoms with Gasteiger partial charge in [-0.05, 0) is 12.1 Å². The Labute approximate surface area is 96.8 Å². The van der Waals surface area contributed by atoms with Crippen LogP contribution in [0.4, 0.5) is 4.39 Å². The lowest BCUT2D eigenvalue weighted by molar-refractivity contribution is -0.141. The molecule has 1 aromatic rings. The molecule has 0 fully saturated rings. The van der Waals surface area contributed by atoms with Gasteiger partial charge in [-0.2, -0.15) is 0 Å². The molecule has 0 heterocycles. The highest BCUT2D eigenvalue weighted by Crippen LogP contribution is 2.33. The van der Waals surface area contributed by atoms with Gasteiger partial charge in [0.15, 0.2) is 0 Å². The number of carbonyl (C=O) groups is 1. The Morgan fingerprint density at radius 3 is 2.88 bits per heavy atom. The van der Waals surface area contributed by atoms with Crippen molar-refractivity contribution in [2.24, 2.45) is 5.73 Å². The average molecular weight is 248 g/mol. The number of aromatic hydroxyl groups is 1. The molecule has 16 heavy (non-hydrogen) atoms. The Kier molecular flexibility index (Phi) is 4.09. The number of rotatable bonds is 3. The van der Waals surface area contributed by atoms with Crippen molar-refractivity contribution < 1.29 is 19.0 Å². The number of phenols is 1. The van der Waals surface area contributed by atoms with Gasteiger partial charge in [0.1, 0.15) is 11.6 Å². The van der Waals surface area contributed by atoms with Crippen LogP contribution >= 0.6 is 11.6 Å². The normalized spacial score (nSPS) is 12.2. The van der Waals surface area contributed by atoms with Gasteiger partial charge in [-0.3, -0.25) is 4.79 Å². The fourth-order valence-corrected chi connectivity index (χ4v) is 1.45. The smallest absolute Gasteiger partial charge is 0.307 e. The summed E-state index contributed by atoms with van der Waals surface area (Å²) in [6, 6.07) is 1.14. The fourth-order valence-electron chi connectivity index (χ4n) is 1.24. The van der Waals surface area contributed by atoms with Crippen LogP contribution in [0.5, 0.6) is 5.75 Å². The van der Waals surface area contributed by atoms with E-state index in [1.807, 2.05) is 0 Å². The molecule has 3 N–H and O–H groups in total. The Morgan fingerprint density at radius 1 is 1.69 bits per heavy atom. The van der Waals surface area contributed by atoms with Crippen LogP contribution in [0.25, 0.3) is 0 Å². The number of phenolic OH excluding ortho intramolecular Hbond substituents is 1. The fraction of sp³-hybridized carbons (Fsp3) is 0.300. The molecule has 1 aromatic carbocycles. The largest absolute Gasteiger partial charge is 0.506 e. The van der Waals surface area contributed by atoms with Gasteiger partial charge in [-0.1, -0.05) is 11.6 Å². The summed E-state index contributed by atoms with van der Waals surface area (Å²) in [4.78, 5) is 11.0. The van der Waals surface area contributed by atoms with Crippen molar-refractivity contribution in [3.05, 3.63) is 28.5 Å². The molecule has 1 rings (SSSR count). The van der Waals surface area contributed by atoms with Gasteiger partial charge >= 0.3 is 5.97 Å². The zero-order valence-electron chi connectivity index (χ0n) is 8.54. The summed E-state index contributed by atoms with van der Waals surface area (Å²) in [5.41, 5.74) is 5.70. The van der Waals surface area contributed by atoms with Gasteiger partial charge in [0.25, 0.3) is 0 Å². The first-order valence-corrected chi connectivity index (χ1v) is 4.83. The summed E-state index contributed by atoms with van der Waals surface area (Å²) >= 11 is 5.57. The van der Waals surface area contributed by atoms with Crippen LogP contribution in [0.2, 0.25) is 5.02 Å². The van der Waals surface area contributed by atoms with E-state index in [-0.39, 0.29) is 22.8 Å². The van der Waals surface area contributed by atoms with Crippen molar-refractivity contribution in [3.63, 3.8) is 0 Å². The van der Waals surface area contributed by atoms with Gasteiger partial charge in [-0.25, -0.2) is 4.39 Å². The molecule has 1 atom stereocenters. The molecule has 0 amide bonds. The molecule has 0 aromatic heterocycles. The highest BCUT2D eigenvalue weighted by atomic mass is 35.5. The summed E-state index contributed by atoms with van der Waals surface area (Å²) in [6.07, 6.45) is -0.163. The number of hydrogen-bond acceptors (Lipinski definition) is 4. The zero-order chi connectivity index (χ0) is 12.3. The first-order chi connectivity index (χ1) is 7.45. The van der Waals surface area contributed by atoms with Gasteiger partial charge in [-0.15, -0.1) is 0 Å². The average Bonchev–Trinajstić information content (AvgIpc) is 2.22. The molecule has 0 aliphatic heterocycles. The van der Waals surface area contributed by atoms with Gasteiger partial charge in [0, 0.05) is 11.6 Å². The van der Waals surface area contributed by atoms with E-state index in [2.05, 4.69) is 4.74 Å². The standard InChI is InChI=1S/C10H11ClFNO3/c1-16-9(14)4-8(13)6-2-5(12)3-7(11)10(6)15/h2-3,8,15H,4,13H2,1H3/t8-/m0/s1. The minimum Gasteiger partial charge on any atom is -0.506 e. The summed E-state index contributed by atoms with van der Waals surface area (Å²) < 4.78 is 17.4. The second-order valence-electron chi connectivity index (χ2n) is 3.21. The molecule has 0 aliphatic rings. The third-order valence-electron chi connectivity index (χ3n) is 2.07. The van der Waals surface area contributed by atoms with E-state index < -0.39 is 17.8 Å². The van der Waals surface area contributed by atoms with Crippen LogP contribution in [-0.4, -0.2) is 18.2 Å². The number of nitrogens with two attached hydrogens (primary N) is 1. The minimum absolute atomic E-state index is 0.0791. The number of benzene rings is 1. The van der Waals surface area contributed by atoms with Crippen molar-refractivity contribution in [2.45, 2.75) is 12.5 Å². The lowest BCUT2D eigenvalue weighted by atomic mass is 10.0. The maximum Gasteiger partial charge on any atom is 0.307 e. The predicted octanol–water partition coefficient (Wildman–Crippen LogP) is 1.75. The highest BCUT2D eigenvalue weighted by Gasteiger charge is 2.18. The van der Waals surface area contributed by atoms with E-state index in [9.17, 15) is 14.3 Å². The number of methoxy groups -OCH3 is 1. The van der Waals surface area contributed by atoms with Crippen LogP contribution in [0.3, 0.4) is 0 Å². The highest BCUT2D eigenvalue weighted by molar-refractivity contribution is 6.32. The first kappa shape index (κ1) is 12.7. The van der Waals surface area contributed by atoms with Crippen molar-refractivity contribution >= 4 is 17.6 Å². The molecule has 0 unspecified atom stereocenters. The molecule has 6 heteroatoms. The number of ether oxygens (including phenoxy) is 1. The third-order valence-corrected chi connectivity index (χ3v) is 2.36. The molecule has 0 saturated carbocycles. The van der Waals surface area contributed by atoms with Crippen molar-refractivity contribution in [3.8, 4) is 5.75 Å². The Bertz CT molecular complexity index is 411. The van der Waals surface area contributed by atoms with E-state index >= 15 is 0 Å². The Morgan fingerprint density at radius 2 is 2.31 bits per heavy atom. The second kappa shape index (κ2) is 5.14. The maximum atomic E-state index is 13.0. The number of hydrogen-bond donors (Lipinski definition) is 2. The summed E-state index contributed by atoms with van der Waals surface area (Å²) in [5.74, 6) is -1.50. The quantitative estimate of drug-likeness (QED) is 0.798. The van der Waals surface area contributed by atoms with E-state index in [1.165, 1.54) is 7.11 Å². The van der Waals surface area contributed by atoms with Gasteiger partial charge in [0.2, 0.25) is 0 Å². The van der Waals surface area contributed by atoms with E-state index in [0.29, 0.717) is 0 Å². The molecule has 0 radical (unpaired) electrons. The minimum atomic E-state index is -0.861. The Balaban J connectivity index is 2.99. The monoisotopic (exact) mass is 247 g/mol. The molecule has 0 spiro atoms. The molecule has 0 aliphatic carbocycles. The topological polar surface area (TPSA) is 72.5 Å². The van der Waals surface area contributed by atoms with E-state index in [0.717, 1.165) is 12.1 Å². The third kappa shape index (κ3) is 2.84. The van der Waals surface area contributed by atoms with E-state index in [1.54, 1.807) is 0 Å². The van der Waals surface area contributed by atoms with E-state index in [4.69, 9.17) is 17.3 Å². The SMILES string of the molecule is COC(=O)C[C@H](N)c1cc(F)cc(Cl)c1O. The van der Waals surface area contributed by atoms with Crippen molar-refractivity contribution in [2.75, 3.05) is 7.11 Å². The number of carbonyl (C=O) groups excluding carboxylic acids is 1. The molecule has 0 saturated heterocycles. The zero-order valence-corrected chi connectivity index (χ0v) is 9.29. The summed E-state index contributed by atoms with van der Waals surface area (Å²) in [5, 5.41) is 9.40. The molecular weight excluding hydrogens is 237 g/mol. The van der Waals surface area contributed by atoms with Crippen LogP contribution in [0, 0.1) is 5.82 Å². The molecular formula is C10H11ClFNO3. The van der Waals surface area contributed by atoms with Crippen LogP contribution in [0.15, 0.2) is 12.1 Å². The van der Waals surface area contributed by atoms with Crippen LogP contribution in [0.1, 0.15) is 18.0 Å². The van der Waals surface area contributed by atoms with Gasteiger partial charge < -0.3 is 15.6 Å². The van der Waals surface area contributed by atoms with Crippen molar-refractivity contribution in [1.82, 2.24) is 0 Å². The maximum absolute atomic E-state index is 13.0.